The minimum atomic E-state index is 0.660. The van der Waals surface area contributed by atoms with Crippen molar-refractivity contribution in [3.63, 3.8) is 0 Å². The zero-order valence-electron chi connectivity index (χ0n) is 9.42. The van der Waals surface area contributed by atoms with E-state index >= 15 is 0 Å². The number of anilines is 1. The van der Waals surface area contributed by atoms with Crippen molar-refractivity contribution in [1.29, 1.82) is 0 Å². The average molecular weight is 247 g/mol. The Morgan fingerprint density at radius 3 is 2.76 bits per heavy atom. The molecular formula is C11H13N5S. The highest BCUT2D eigenvalue weighted by Crippen LogP contribution is 2.19. The average Bonchev–Trinajstić information content (AvgIpc) is 2.38. The second-order valence-corrected chi connectivity index (χ2v) is 4.47. The van der Waals surface area contributed by atoms with E-state index in [0.29, 0.717) is 5.82 Å². The Labute approximate surface area is 104 Å². The number of nitrogens with zero attached hydrogens (tertiary/aromatic N) is 3. The first-order chi connectivity index (χ1) is 8.28. The third-order valence-electron chi connectivity index (χ3n) is 2.10. The van der Waals surface area contributed by atoms with E-state index in [1.807, 2.05) is 31.5 Å². The molecule has 3 N–H and O–H groups in total. The Kier molecular flexibility index (Phi) is 3.89. The number of nitrogens with one attached hydrogen (secondary N) is 1. The molecule has 0 radical (unpaired) electrons. The largest absolute Gasteiger partial charge is 0.308 e. The molecule has 0 spiro atoms. The van der Waals surface area contributed by atoms with Gasteiger partial charge in [-0.2, -0.15) is 0 Å². The number of nitrogens with two attached hydrogens (primary N) is 1. The molecule has 0 aliphatic rings. The summed E-state index contributed by atoms with van der Waals surface area (Å²) in [6.07, 6.45) is 5.35. The SMILES string of the molecule is Cc1cnc(SCc2ccnc(NN)c2)nc1. The summed E-state index contributed by atoms with van der Waals surface area (Å²) in [4.78, 5) is 12.5. The second-order valence-electron chi connectivity index (χ2n) is 3.53. The fraction of sp³-hybridized carbons (Fsp3) is 0.182. The maximum absolute atomic E-state index is 5.30. The molecule has 2 aromatic heterocycles. The van der Waals surface area contributed by atoms with Crippen molar-refractivity contribution in [1.82, 2.24) is 15.0 Å². The van der Waals surface area contributed by atoms with Crippen molar-refractivity contribution >= 4 is 17.6 Å². The van der Waals surface area contributed by atoms with Gasteiger partial charge in [0.15, 0.2) is 5.16 Å². The van der Waals surface area contributed by atoms with E-state index in [1.165, 1.54) is 0 Å². The van der Waals surface area contributed by atoms with Gasteiger partial charge in [-0.25, -0.2) is 20.8 Å². The van der Waals surface area contributed by atoms with E-state index in [-0.39, 0.29) is 0 Å². The van der Waals surface area contributed by atoms with E-state index in [1.54, 1.807) is 18.0 Å². The van der Waals surface area contributed by atoms with Crippen molar-refractivity contribution in [3.8, 4) is 0 Å². The predicted octanol–water partition coefficient (Wildman–Crippen LogP) is 1.76. The molecule has 17 heavy (non-hydrogen) atoms. The normalized spacial score (nSPS) is 10.2. The predicted molar refractivity (Wildman–Crippen MR) is 68.4 cm³/mol. The van der Waals surface area contributed by atoms with Crippen LogP contribution in [0, 0.1) is 6.92 Å². The number of thioether (sulfide) groups is 1. The Bertz CT molecular complexity index is 485. The highest BCUT2D eigenvalue weighted by molar-refractivity contribution is 7.98. The van der Waals surface area contributed by atoms with E-state index in [0.717, 1.165) is 22.0 Å². The van der Waals surface area contributed by atoms with Crippen molar-refractivity contribution < 1.29 is 0 Å². The lowest BCUT2D eigenvalue weighted by Gasteiger charge is -2.03. The number of aryl methyl sites for hydroxylation is 1. The lowest BCUT2D eigenvalue weighted by atomic mass is 10.3. The first-order valence-corrected chi connectivity index (χ1v) is 6.09. The van der Waals surface area contributed by atoms with Crippen LogP contribution in [-0.2, 0) is 5.75 Å². The fourth-order valence-electron chi connectivity index (χ4n) is 1.25. The summed E-state index contributed by atoms with van der Waals surface area (Å²) >= 11 is 1.58. The summed E-state index contributed by atoms with van der Waals surface area (Å²) in [5, 5.41) is 0.773. The Hall–Kier alpha value is -1.66. The molecule has 0 aliphatic heterocycles. The zero-order valence-corrected chi connectivity index (χ0v) is 10.2. The maximum atomic E-state index is 5.30. The van der Waals surface area contributed by atoms with Gasteiger partial charge in [0, 0.05) is 24.3 Å². The van der Waals surface area contributed by atoms with Crippen LogP contribution in [0.25, 0.3) is 0 Å². The van der Waals surface area contributed by atoms with Crippen molar-refractivity contribution in [2.75, 3.05) is 5.43 Å². The summed E-state index contributed by atoms with van der Waals surface area (Å²) in [5.41, 5.74) is 4.71. The number of aromatic nitrogens is 3. The molecule has 0 fully saturated rings. The van der Waals surface area contributed by atoms with Crippen LogP contribution in [-0.4, -0.2) is 15.0 Å². The highest BCUT2D eigenvalue weighted by atomic mass is 32.2. The smallest absolute Gasteiger partial charge is 0.187 e. The molecule has 5 nitrogen and oxygen atoms in total. The summed E-state index contributed by atoms with van der Waals surface area (Å²) < 4.78 is 0. The van der Waals surface area contributed by atoms with Crippen LogP contribution in [0.2, 0.25) is 0 Å². The molecule has 0 amide bonds. The standard InChI is InChI=1S/C11H13N5S/c1-8-5-14-11(15-6-8)17-7-9-2-3-13-10(4-9)16-12/h2-6H,7,12H2,1H3,(H,13,16). The second kappa shape index (κ2) is 5.60. The van der Waals surface area contributed by atoms with Crippen molar-refractivity contribution in [2.24, 2.45) is 5.84 Å². The van der Waals surface area contributed by atoms with E-state index in [2.05, 4.69) is 20.4 Å². The Morgan fingerprint density at radius 2 is 2.06 bits per heavy atom. The minimum Gasteiger partial charge on any atom is -0.308 e. The number of rotatable bonds is 4. The van der Waals surface area contributed by atoms with Crippen molar-refractivity contribution in [2.45, 2.75) is 17.8 Å². The Balaban J connectivity index is 1.99. The Morgan fingerprint density at radius 1 is 1.29 bits per heavy atom. The third kappa shape index (κ3) is 3.40. The van der Waals surface area contributed by atoms with Crippen LogP contribution in [0.3, 0.4) is 0 Å². The molecule has 2 aromatic rings. The van der Waals surface area contributed by atoms with Gasteiger partial charge in [-0.1, -0.05) is 11.8 Å². The van der Waals surface area contributed by atoms with Gasteiger partial charge in [-0.05, 0) is 30.2 Å². The number of hydrogen-bond donors (Lipinski definition) is 2. The van der Waals surface area contributed by atoms with Gasteiger partial charge >= 0.3 is 0 Å². The lowest BCUT2D eigenvalue weighted by molar-refractivity contribution is 0.949. The summed E-state index contributed by atoms with van der Waals surface area (Å²) in [7, 11) is 0. The molecular weight excluding hydrogens is 234 g/mol. The van der Waals surface area contributed by atoms with Gasteiger partial charge in [-0.3, -0.25) is 0 Å². The van der Waals surface area contributed by atoms with E-state index in [4.69, 9.17) is 5.84 Å². The number of hydrazine groups is 1. The van der Waals surface area contributed by atoms with E-state index in [9.17, 15) is 0 Å². The molecule has 0 saturated carbocycles. The van der Waals surface area contributed by atoms with Crippen LogP contribution >= 0.6 is 11.8 Å². The maximum Gasteiger partial charge on any atom is 0.187 e. The molecule has 0 aliphatic carbocycles. The molecule has 0 unspecified atom stereocenters. The first kappa shape index (κ1) is 11.8. The fourth-order valence-corrected chi connectivity index (χ4v) is 1.98. The molecule has 0 aromatic carbocycles. The van der Waals surface area contributed by atoms with Crippen molar-refractivity contribution in [3.05, 3.63) is 41.9 Å². The van der Waals surface area contributed by atoms with Crippen LogP contribution in [0.5, 0.6) is 0 Å². The van der Waals surface area contributed by atoms with Gasteiger partial charge in [0.25, 0.3) is 0 Å². The van der Waals surface area contributed by atoms with Crippen LogP contribution in [0.1, 0.15) is 11.1 Å². The van der Waals surface area contributed by atoms with Crippen LogP contribution in [0.4, 0.5) is 5.82 Å². The summed E-state index contributed by atoms with van der Waals surface area (Å²) in [6, 6.07) is 3.85. The molecule has 6 heteroatoms. The third-order valence-corrected chi connectivity index (χ3v) is 3.04. The number of pyridine rings is 1. The summed E-state index contributed by atoms with van der Waals surface area (Å²) in [6.45, 7) is 1.97. The van der Waals surface area contributed by atoms with E-state index < -0.39 is 0 Å². The monoisotopic (exact) mass is 247 g/mol. The number of hydrogen-bond acceptors (Lipinski definition) is 6. The van der Waals surface area contributed by atoms with Gasteiger partial charge in [-0.15, -0.1) is 0 Å². The molecule has 0 bridgehead atoms. The zero-order chi connectivity index (χ0) is 12.1. The highest BCUT2D eigenvalue weighted by Gasteiger charge is 2.00. The van der Waals surface area contributed by atoms with Gasteiger partial charge in [0.2, 0.25) is 0 Å². The number of nitrogen functional groups attached to an aromatic ring is 1. The molecule has 0 saturated heterocycles. The van der Waals surface area contributed by atoms with Gasteiger partial charge in [0.1, 0.15) is 5.82 Å². The topological polar surface area (TPSA) is 76.7 Å². The molecule has 88 valence electrons. The van der Waals surface area contributed by atoms with Gasteiger partial charge in [0.05, 0.1) is 0 Å². The van der Waals surface area contributed by atoms with Crippen LogP contribution < -0.4 is 11.3 Å². The molecule has 2 rings (SSSR count). The first-order valence-electron chi connectivity index (χ1n) is 5.11. The summed E-state index contributed by atoms with van der Waals surface area (Å²) in [5.74, 6) is 6.75. The van der Waals surface area contributed by atoms with Crippen LogP contribution in [0.15, 0.2) is 35.9 Å². The molecule has 0 atom stereocenters. The minimum absolute atomic E-state index is 0.660. The quantitative estimate of drug-likeness (QED) is 0.371. The lowest BCUT2D eigenvalue weighted by Crippen LogP contribution is -2.08. The molecule has 2 heterocycles. The van der Waals surface area contributed by atoms with Gasteiger partial charge < -0.3 is 5.43 Å².